The van der Waals surface area contributed by atoms with Crippen molar-refractivity contribution in [1.82, 2.24) is 4.57 Å². The Morgan fingerprint density at radius 2 is 1.57 bits per heavy atom. The summed E-state index contributed by atoms with van der Waals surface area (Å²) in [4.78, 5) is 2.71. The van der Waals surface area contributed by atoms with Crippen molar-refractivity contribution in [3.63, 3.8) is 0 Å². The third-order valence-electron chi connectivity index (χ3n) is 4.19. The van der Waals surface area contributed by atoms with Gasteiger partial charge in [0, 0.05) is 34.0 Å². The molecular formula is C20H19NS2. The van der Waals surface area contributed by atoms with Crippen LogP contribution in [0.15, 0.2) is 82.7 Å². The van der Waals surface area contributed by atoms with Gasteiger partial charge in [-0.2, -0.15) is 0 Å². The van der Waals surface area contributed by atoms with Gasteiger partial charge in [-0.25, -0.2) is 0 Å². The second-order valence-electron chi connectivity index (χ2n) is 5.73. The third-order valence-corrected chi connectivity index (χ3v) is 6.54. The summed E-state index contributed by atoms with van der Waals surface area (Å²) < 4.78 is 2.45. The van der Waals surface area contributed by atoms with E-state index in [4.69, 9.17) is 0 Å². The fraction of sp³-hybridized carbons (Fsp3) is 0.200. The maximum absolute atomic E-state index is 2.45. The maximum Gasteiger partial charge on any atom is 0.0517 e. The molecule has 0 saturated carbocycles. The number of benzene rings is 2. The summed E-state index contributed by atoms with van der Waals surface area (Å²) >= 11 is 3.93. The lowest BCUT2D eigenvalue weighted by Gasteiger charge is -2.12. The van der Waals surface area contributed by atoms with Crippen LogP contribution >= 0.6 is 23.5 Å². The zero-order valence-electron chi connectivity index (χ0n) is 12.9. The topological polar surface area (TPSA) is 4.93 Å². The van der Waals surface area contributed by atoms with E-state index in [9.17, 15) is 0 Å². The Bertz CT molecular complexity index is 765. The normalized spacial score (nSPS) is 16.4. The van der Waals surface area contributed by atoms with Crippen molar-refractivity contribution in [1.29, 1.82) is 0 Å². The zero-order chi connectivity index (χ0) is 15.5. The SMILES string of the molecule is c1ccc(SCc2ccn3c2C(Sc2ccccc2)CC3)cc1. The lowest BCUT2D eigenvalue weighted by atomic mass is 10.2. The van der Waals surface area contributed by atoms with Crippen LogP contribution in [0.5, 0.6) is 0 Å². The number of aryl methyl sites for hydroxylation is 1. The first kappa shape index (κ1) is 15.0. The molecule has 0 spiro atoms. The van der Waals surface area contributed by atoms with E-state index < -0.39 is 0 Å². The van der Waals surface area contributed by atoms with Gasteiger partial charge in [-0.15, -0.1) is 23.5 Å². The molecule has 0 aliphatic carbocycles. The van der Waals surface area contributed by atoms with Gasteiger partial charge in [-0.1, -0.05) is 36.4 Å². The summed E-state index contributed by atoms with van der Waals surface area (Å²) in [5.74, 6) is 1.05. The molecule has 0 fully saturated rings. The molecule has 1 aliphatic heterocycles. The van der Waals surface area contributed by atoms with Gasteiger partial charge in [-0.05, 0) is 42.3 Å². The molecule has 1 aromatic heterocycles. The smallest absolute Gasteiger partial charge is 0.0517 e. The maximum atomic E-state index is 2.45. The molecule has 116 valence electrons. The monoisotopic (exact) mass is 337 g/mol. The van der Waals surface area contributed by atoms with Crippen LogP contribution in [-0.4, -0.2) is 4.57 Å². The van der Waals surface area contributed by atoms with Crippen LogP contribution in [0.4, 0.5) is 0 Å². The Morgan fingerprint density at radius 3 is 2.30 bits per heavy atom. The Hall–Kier alpha value is -1.58. The van der Waals surface area contributed by atoms with Gasteiger partial charge < -0.3 is 4.57 Å². The third kappa shape index (κ3) is 3.36. The second kappa shape index (κ2) is 6.90. The summed E-state index contributed by atoms with van der Waals surface area (Å²) in [5, 5.41) is 0.582. The molecule has 1 nitrogen and oxygen atoms in total. The molecule has 0 amide bonds. The van der Waals surface area contributed by atoms with Crippen LogP contribution in [-0.2, 0) is 12.3 Å². The fourth-order valence-corrected chi connectivity index (χ4v) is 5.27. The van der Waals surface area contributed by atoms with Crippen molar-refractivity contribution in [2.75, 3.05) is 0 Å². The molecule has 2 heterocycles. The molecule has 1 atom stereocenters. The van der Waals surface area contributed by atoms with Gasteiger partial charge in [0.2, 0.25) is 0 Å². The van der Waals surface area contributed by atoms with Crippen molar-refractivity contribution in [2.45, 2.75) is 33.8 Å². The number of rotatable bonds is 5. The average molecular weight is 338 g/mol. The van der Waals surface area contributed by atoms with E-state index in [1.54, 1.807) is 0 Å². The number of aromatic nitrogens is 1. The molecule has 0 bridgehead atoms. The first-order valence-corrected chi connectivity index (χ1v) is 9.84. The van der Waals surface area contributed by atoms with E-state index in [0.717, 1.165) is 12.3 Å². The van der Waals surface area contributed by atoms with Crippen molar-refractivity contribution >= 4 is 23.5 Å². The van der Waals surface area contributed by atoms with Gasteiger partial charge in [0.25, 0.3) is 0 Å². The quantitative estimate of drug-likeness (QED) is 0.525. The standard InChI is InChI=1S/C20H19NS2/c1-3-7-17(8-4-1)22-15-16-11-13-21-14-12-19(20(16)21)23-18-9-5-2-6-10-18/h1-11,13,19H,12,14-15H2. The first-order valence-electron chi connectivity index (χ1n) is 7.97. The largest absolute Gasteiger partial charge is 0.350 e. The Balaban J connectivity index is 1.50. The summed E-state index contributed by atoms with van der Waals surface area (Å²) in [5.41, 5.74) is 3.02. The highest BCUT2D eigenvalue weighted by molar-refractivity contribution is 7.99. The van der Waals surface area contributed by atoms with Crippen LogP contribution in [0, 0.1) is 0 Å². The highest BCUT2D eigenvalue weighted by atomic mass is 32.2. The Labute approximate surface area is 146 Å². The predicted octanol–water partition coefficient (Wildman–Crippen LogP) is 6.02. The van der Waals surface area contributed by atoms with Crippen LogP contribution in [0.25, 0.3) is 0 Å². The number of fused-ring (bicyclic) bond motifs is 1. The van der Waals surface area contributed by atoms with Crippen LogP contribution < -0.4 is 0 Å². The first-order chi connectivity index (χ1) is 11.4. The lowest BCUT2D eigenvalue weighted by Crippen LogP contribution is -1.94. The summed E-state index contributed by atoms with van der Waals surface area (Å²) in [6.07, 6.45) is 3.50. The average Bonchev–Trinajstić information content (AvgIpc) is 3.18. The van der Waals surface area contributed by atoms with Crippen LogP contribution in [0.1, 0.15) is 22.9 Å². The summed E-state index contributed by atoms with van der Waals surface area (Å²) in [6, 6.07) is 23.8. The van der Waals surface area contributed by atoms with Gasteiger partial charge in [0.1, 0.15) is 0 Å². The van der Waals surface area contributed by atoms with Gasteiger partial charge >= 0.3 is 0 Å². The van der Waals surface area contributed by atoms with E-state index in [1.165, 1.54) is 27.5 Å². The van der Waals surface area contributed by atoms with Gasteiger partial charge in [-0.3, -0.25) is 0 Å². The van der Waals surface area contributed by atoms with E-state index in [0.29, 0.717) is 5.25 Å². The van der Waals surface area contributed by atoms with Gasteiger partial charge in [0.15, 0.2) is 0 Å². The summed E-state index contributed by atoms with van der Waals surface area (Å²) in [7, 11) is 0. The molecule has 23 heavy (non-hydrogen) atoms. The molecule has 2 aromatic carbocycles. The molecule has 3 aromatic rings. The number of hydrogen-bond donors (Lipinski definition) is 0. The highest BCUT2D eigenvalue weighted by Crippen LogP contribution is 2.44. The van der Waals surface area contributed by atoms with E-state index in [-0.39, 0.29) is 0 Å². The Kier molecular flexibility index (Phi) is 4.49. The molecule has 3 heteroatoms. The van der Waals surface area contributed by atoms with E-state index in [1.807, 2.05) is 23.5 Å². The molecule has 0 radical (unpaired) electrons. The van der Waals surface area contributed by atoms with Crippen molar-refractivity contribution in [3.8, 4) is 0 Å². The predicted molar refractivity (Wildman–Crippen MR) is 100 cm³/mol. The van der Waals surface area contributed by atoms with Crippen LogP contribution in [0.2, 0.25) is 0 Å². The van der Waals surface area contributed by atoms with Gasteiger partial charge in [0.05, 0.1) is 5.25 Å². The molecule has 1 aliphatic rings. The molecule has 0 N–H and O–H groups in total. The Morgan fingerprint density at radius 1 is 0.870 bits per heavy atom. The molecule has 1 unspecified atom stereocenters. The van der Waals surface area contributed by atoms with E-state index in [2.05, 4.69) is 77.5 Å². The minimum Gasteiger partial charge on any atom is -0.350 e. The van der Waals surface area contributed by atoms with Crippen molar-refractivity contribution < 1.29 is 0 Å². The fourth-order valence-electron chi connectivity index (χ4n) is 3.09. The molecule has 4 rings (SSSR count). The minimum atomic E-state index is 0.582. The molecular weight excluding hydrogens is 318 g/mol. The summed E-state index contributed by atoms with van der Waals surface area (Å²) in [6.45, 7) is 1.15. The lowest BCUT2D eigenvalue weighted by molar-refractivity contribution is 0.747. The van der Waals surface area contributed by atoms with E-state index >= 15 is 0 Å². The van der Waals surface area contributed by atoms with Crippen LogP contribution in [0.3, 0.4) is 0 Å². The number of hydrogen-bond acceptors (Lipinski definition) is 2. The number of nitrogens with zero attached hydrogens (tertiary/aromatic N) is 1. The zero-order valence-corrected chi connectivity index (χ0v) is 14.5. The minimum absolute atomic E-state index is 0.582. The van der Waals surface area contributed by atoms with Crippen molar-refractivity contribution in [2.24, 2.45) is 0 Å². The van der Waals surface area contributed by atoms with Crippen molar-refractivity contribution in [3.05, 3.63) is 84.2 Å². The molecule has 0 saturated heterocycles. The highest BCUT2D eigenvalue weighted by Gasteiger charge is 2.26. The number of thioether (sulfide) groups is 2. The second-order valence-corrected chi connectivity index (χ2v) is 8.05.